The number of guanidine groups is 1. The monoisotopic (exact) mass is 399 g/mol. The van der Waals surface area contributed by atoms with E-state index in [1.165, 1.54) is 0 Å². The van der Waals surface area contributed by atoms with Gasteiger partial charge in [-0.3, -0.25) is 9.79 Å². The summed E-state index contributed by atoms with van der Waals surface area (Å²) in [5.74, 6) is 0.718. The Morgan fingerprint density at radius 1 is 1.15 bits per heavy atom. The van der Waals surface area contributed by atoms with Crippen molar-refractivity contribution < 1.29 is 9.53 Å². The Bertz CT molecular complexity index is 289. The molecule has 6 heteroatoms. The van der Waals surface area contributed by atoms with Gasteiger partial charge in [-0.15, -0.1) is 24.0 Å². The highest BCUT2D eigenvalue weighted by Crippen LogP contribution is 2.10. The molecular weight excluding hydrogens is 369 g/mol. The fraction of sp³-hybridized carbons (Fsp3) is 0.857. The van der Waals surface area contributed by atoms with Gasteiger partial charge >= 0.3 is 5.97 Å². The summed E-state index contributed by atoms with van der Waals surface area (Å²) < 4.78 is 5.25. The SMILES string of the molecule is CN=C(NC)NCCCCCCC(=O)OC(C)(C)C.I. The molecule has 0 amide bonds. The number of halogens is 1. The van der Waals surface area contributed by atoms with Crippen LogP contribution in [0.2, 0.25) is 0 Å². The molecule has 0 fully saturated rings. The minimum atomic E-state index is -0.371. The average molecular weight is 399 g/mol. The van der Waals surface area contributed by atoms with Crippen LogP contribution in [0.25, 0.3) is 0 Å². The lowest BCUT2D eigenvalue weighted by Crippen LogP contribution is -2.35. The van der Waals surface area contributed by atoms with Gasteiger partial charge in [-0.1, -0.05) is 12.8 Å². The van der Waals surface area contributed by atoms with Gasteiger partial charge in [-0.2, -0.15) is 0 Å². The van der Waals surface area contributed by atoms with Gasteiger partial charge in [0, 0.05) is 27.1 Å². The first-order valence-electron chi connectivity index (χ1n) is 6.99. The molecule has 20 heavy (non-hydrogen) atoms. The first-order chi connectivity index (χ1) is 8.89. The Hall–Kier alpha value is -0.530. The van der Waals surface area contributed by atoms with Gasteiger partial charge in [-0.25, -0.2) is 0 Å². The maximum absolute atomic E-state index is 11.5. The van der Waals surface area contributed by atoms with E-state index in [0.29, 0.717) is 6.42 Å². The van der Waals surface area contributed by atoms with E-state index in [-0.39, 0.29) is 35.5 Å². The van der Waals surface area contributed by atoms with Gasteiger partial charge in [0.2, 0.25) is 0 Å². The molecule has 0 atom stereocenters. The Morgan fingerprint density at radius 2 is 1.75 bits per heavy atom. The number of aliphatic imine (C=N–C) groups is 1. The zero-order chi connectivity index (χ0) is 14.7. The number of ether oxygens (including phenoxy) is 1. The van der Waals surface area contributed by atoms with Crippen LogP contribution in [-0.4, -0.2) is 38.2 Å². The van der Waals surface area contributed by atoms with E-state index in [1.54, 1.807) is 7.05 Å². The second-order valence-electron chi connectivity index (χ2n) is 5.50. The van der Waals surface area contributed by atoms with Crippen molar-refractivity contribution in [1.29, 1.82) is 0 Å². The number of unbranched alkanes of at least 4 members (excludes halogenated alkanes) is 3. The highest BCUT2D eigenvalue weighted by molar-refractivity contribution is 14.0. The van der Waals surface area contributed by atoms with Crippen molar-refractivity contribution in [3.05, 3.63) is 0 Å². The van der Waals surface area contributed by atoms with E-state index in [9.17, 15) is 4.79 Å². The first kappa shape index (κ1) is 21.8. The number of hydrogen-bond donors (Lipinski definition) is 2. The van der Waals surface area contributed by atoms with Crippen LogP contribution in [-0.2, 0) is 9.53 Å². The molecule has 0 rings (SSSR count). The summed E-state index contributed by atoms with van der Waals surface area (Å²) in [5, 5.41) is 6.17. The molecule has 0 spiro atoms. The summed E-state index contributed by atoms with van der Waals surface area (Å²) >= 11 is 0. The molecule has 120 valence electrons. The predicted octanol–water partition coefficient (Wildman–Crippen LogP) is 2.69. The standard InChI is InChI=1S/C14H29N3O2.HI/c1-14(2,3)19-12(18)10-8-6-7-9-11-17-13(15-4)16-5;/h6-11H2,1-5H3,(H2,15,16,17);1H. The predicted molar refractivity (Wildman–Crippen MR) is 94.8 cm³/mol. The molecule has 0 aliphatic heterocycles. The van der Waals surface area contributed by atoms with Crippen molar-refractivity contribution in [1.82, 2.24) is 10.6 Å². The van der Waals surface area contributed by atoms with Gasteiger partial charge < -0.3 is 15.4 Å². The van der Waals surface area contributed by atoms with Crippen molar-refractivity contribution in [3.8, 4) is 0 Å². The van der Waals surface area contributed by atoms with E-state index in [4.69, 9.17) is 4.74 Å². The van der Waals surface area contributed by atoms with E-state index in [1.807, 2.05) is 27.8 Å². The largest absolute Gasteiger partial charge is 0.460 e. The zero-order valence-electron chi connectivity index (χ0n) is 13.4. The molecule has 0 saturated carbocycles. The third kappa shape index (κ3) is 13.9. The van der Waals surface area contributed by atoms with E-state index >= 15 is 0 Å². The third-order valence-electron chi connectivity index (χ3n) is 2.48. The van der Waals surface area contributed by atoms with Gasteiger partial charge in [0.1, 0.15) is 5.60 Å². The quantitative estimate of drug-likeness (QED) is 0.227. The number of carbonyl (C=O) groups is 1. The Labute approximate surface area is 140 Å². The lowest BCUT2D eigenvalue weighted by atomic mass is 10.1. The maximum atomic E-state index is 11.5. The Balaban J connectivity index is 0. The van der Waals surface area contributed by atoms with E-state index in [2.05, 4.69) is 15.6 Å². The normalized spacial score (nSPS) is 11.6. The Morgan fingerprint density at radius 3 is 2.25 bits per heavy atom. The van der Waals surface area contributed by atoms with Crippen LogP contribution >= 0.6 is 24.0 Å². The zero-order valence-corrected chi connectivity index (χ0v) is 15.7. The number of nitrogens with zero attached hydrogens (tertiary/aromatic N) is 1. The van der Waals surface area contributed by atoms with Crippen LogP contribution in [0.15, 0.2) is 4.99 Å². The van der Waals surface area contributed by atoms with Crippen molar-refractivity contribution in [3.63, 3.8) is 0 Å². The van der Waals surface area contributed by atoms with Crippen molar-refractivity contribution in [2.75, 3.05) is 20.6 Å². The smallest absolute Gasteiger partial charge is 0.306 e. The number of hydrogen-bond acceptors (Lipinski definition) is 3. The van der Waals surface area contributed by atoms with Crippen LogP contribution in [0, 0.1) is 0 Å². The number of carbonyl (C=O) groups excluding carboxylic acids is 1. The van der Waals surface area contributed by atoms with Crippen molar-refractivity contribution in [2.24, 2.45) is 4.99 Å². The van der Waals surface area contributed by atoms with Crippen LogP contribution < -0.4 is 10.6 Å². The van der Waals surface area contributed by atoms with Crippen molar-refractivity contribution >= 4 is 35.9 Å². The highest BCUT2D eigenvalue weighted by Gasteiger charge is 2.15. The third-order valence-corrected chi connectivity index (χ3v) is 2.48. The van der Waals surface area contributed by atoms with Gasteiger partial charge in [0.15, 0.2) is 5.96 Å². The maximum Gasteiger partial charge on any atom is 0.306 e. The van der Waals surface area contributed by atoms with Crippen LogP contribution in [0.1, 0.15) is 52.9 Å². The molecule has 0 aliphatic carbocycles. The van der Waals surface area contributed by atoms with E-state index in [0.717, 1.165) is 38.2 Å². The van der Waals surface area contributed by atoms with Crippen LogP contribution in [0.3, 0.4) is 0 Å². The lowest BCUT2D eigenvalue weighted by Gasteiger charge is -2.19. The molecule has 0 radical (unpaired) electrons. The fourth-order valence-corrected chi connectivity index (χ4v) is 1.63. The van der Waals surface area contributed by atoms with Crippen LogP contribution in [0.4, 0.5) is 0 Å². The Kier molecular flexibility index (Phi) is 13.3. The van der Waals surface area contributed by atoms with Gasteiger partial charge in [-0.05, 0) is 33.6 Å². The summed E-state index contributed by atoms with van der Waals surface area (Å²) in [6.07, 6.45) is 4.66. The summed E-state index contributed by atoms with van der Waals surface area (Å²) in [6, 6.07) is 0. The molecule has 5 nitrogen and oxygen atoms in total. The second kappa shape index (κ2) is 12.2. The molecule has 0 aromatic rings. The molecule has 0 aliphatic rings. The fourth-order valence-electron chi connectivity index (χ4n) is 1.63. The minimum Gasteiger partial charge on any atom is -0.460 e. The lowest BCUT2D eigenvalue weighted by molar-refractivity contribution is -0.154. The first-order valence-corrected chi connectivity index (χ1v) is 6.99. The summed E-state index contributed by atoms with van der Waals surface area (Å²) in [6.45, 7) is 6.58. The molecule has 0 heterocycles. The molecule has 0 unspecified atom stereocenters. The van der Waals surface area contributed by atoms with Gasteiger partial charge in [0.05, 0.1) is 0 Å². The number of rotatable bonds is 7. The van der Waals surface area contributed by atoms with E-state index < -0.39 is 0 Å². The highest BCUT2D eigenvalue weighted by atomic mass is 127. The molecule has 2 N–H and O–H groups in total. The molecule has 0 aromatic carbocycles. The molecule has 0 bridgehead atoms. The summed E-state index contributed by atoms with van der Waals surface area (Å²) in [4.78, 5) is 15.5. The molecule has 0 saturated heterocycles. The summed E-state index contributed by atoms with van der Waals surface area (Å²) in [5.41, 5.74) is -0.371. The number of nitrogens with one attached hydrogen (secondary N) is 2. The number of esters is 1. The second-order valence-corrected chi connectivity index (χ2v) is 5.50. The molecular formula is C14H30IN3O2. The van der Waals surface area contributed by atoms with Crippen LogP contribution in [0.5, 0.6) is 0 Å². The van der Waals surface area contributed by atoms with Gasteiger partial charge in [0.25, 0.3) is 0 Å². The topological polar surface area (TPSA) is 62.7 Å². The minimum absolute atomic E-state index is 0. The van der Waals surface area contributed by atoms with Crippen molar-refractivity contribution in [2.45, 2.75) is 58.5 Å². The molecule has 0 aromatic heterocycles. The average Bonchev–Trinajstić information content (AvgIpc) is 2.30. The summed E-state index contributed by atoms with van der Waals surface area (Å²) in [7, 11) is 3.59.